The van der Waals surface area contributed by atoms with Gasteiger partial charge in [0.2, 0.25) is 0 Å². The van der Waals surface area contributed by atoms with E-state index in [2.05, 4.69) is 58.9 Å². The largest absolute Gasteiger partial charge is 0.253 e. The van der Waals surface area contributed by atoms with E-state index >= 15 is 0 Å². The first-order chi connectivity index (χ1) is 8.34. The highest BCUT2D eigenvalue weighted by Crippen LogP contribution is 2.34. The van der Waals surface area contributed by atoms with Gasteiger partial charge in [-0.15, -0.1) is 0 Å². The van der Waals surface area contributed by atoms with Gasteiger partial charge in [-0.1, -0.05) is 25.5 Å². The minimum absolute atomic E-state index is 0.344. The molecule has 1 aliphatic rings. The molecule has 0 amide bonds. The molecule has 0 bridgehead atoms. The lowest BCUT2D eigenvalue weighted by atomic mass is 9.77. The van der Waals surface area contributed by atoms with Gasteiger partial charge in [-0.25, -0.2) is 0 Å². The predicted octanol–water partition coefficient (Wildman–Crippen LogP) is 5.14. The van der Waals surface area contributed by atoms with Crippen molar-refractivity contribution < 1.29 is 0 Å². The van der Waals surface area contributed by atoms with Gasteiger partial charge in [-0.2, -0.15) is 0 Å². The van der Waals surface area contributed by atoms with Crippen molar-refractivity contribution in [2.24, 2.45) is 10.4 Å². The van der Waals surface area contributed by atoms with Crippen molar-refractivity contribution in [3.63, 3.8) is 0 Å². The Bertz CT molecular complexity index is 498. The molecule has 2 rings (SSSR count). The fraction of sp³-hybridized carbons (Fsp3) is 0.471. The number of aryl methyl sites for hydroxylation is 2. The molecule has 1 aromatic carbocycles. The summed E-state index contributed by atoms with van der Waals surface area (Å²) in [6.07, 6.45) is 4.50. The molecule has 1 aromatic rings. The van der Waals surface area contributed by atoms with Gasteiger partial charge >= 0.3 is 0 Å². The van der Waals surface area contributed by atoms with Crippen LogP contribution in [0.3, 0.4) is 0 Å². The number of rotatable bonds is 1. The average molecular weight is 241 g/mol. The Morgan fingerprint density at radius 3 is 2.11 bits per heavy atom. The molecule has 96 valence electrons. The first-order valence-corrected chi connectivity index (χ1v) is 6.67. The number of hydrogen-bond acceptors (Lipinski definition) is 1. The third-order valence-corrected chi connectivity index (χ3v) is 3.31. The molecule has 0 radical (unpaired) electrons. The van der Waals surface area contributed by atoms with Crippen molar-refractivity contribution >= 4 is 11.4 Å². The maximum absolute atomic E-state index is 4.83. The zero-order chi connectivity index (χ0) is 13.3. The van der Waals surface area contributed by atoms with Crippen LogP contribution in [0.2, 0.25) is 0 Å². The summed E-state index contributed by atoms with van der Waals surface area (Å²) in [5, 5.41) is 0. The zero-order valence-corrected chi connectivity index (χ0v) is 12.2. The van der Waals surface area contributed by atoms with Gasteiger partial charge in [-0.3, -0.25) is 4.99 Å². The molecule has 0 saturated heterocycles. The van der Waals surface area contributed by atoms with Crippen LogP contribution >= 0.6 is 0 Å². The van der Waals surface area contributed by atoms with E-state index in [4.69, 9.17) is 4.99 Å². The van der Waals surface area contributed by atoms with Gasteiger partial charge in [-0.05, 0) is 68.4 Å². The van der Waals surface area contributed by atoms with E-state index in [9.17, 15) is 0 Å². The molecule has 0 fully saturated rings. The standard InChI is InChI=1S/C17H23N/c1-12-6-13(2)8-15(7-12)18-16-9-14(3)10-17(4,5)11-16/h6-9H,10-11H2,1-5H3. The molecule has 1 heteroatoms. The van der Waals surface area contributed by atoms with Crippen LogP contribution in [0.5, 0.6) is 0 Å². The van der Waals surface area contributed by atoms with E-state index in [-0.39, 0.29) is 0 Å². The highest BCUT2D eigenvalue weighted by atomic mass is 14.7. The molecule has 1 aliphatic carbocycles. The van der Waals surface area contributed by atoms with Crippen LogP contribution in [-0.2, 0) is 0 Å². The molecule has 0 unspecified atom stereocenters. The topological polar surface area (TPSA) is 12.4 Å². The van der Waals surface area contributed by atoms with Crippen LogP contribution in [0.1, 0.15) is 44.7 Å². The maximum atomic E-state index is 4.83. The minimum Gasteiger partial charge on any atom is -0.253 e. The lowest BCUT2D eigenvalue weighted by molar-refractivity contribution is 0.373. The Morgan fingerprint density at radius 2 is 1.56 bits per heavy atom. The molecule has 0 spiro atoms. The van der Waals surface area contributed by atoms with Crippen molar-refractivity contribution in [2.45, 2.75) is 47.5 Å². The Kier molecular flexibility index (Phi) is 3.43. The second-order valence-corrected chi connectivity index (χ2v) is 6.46. The molecule has 0 N–H and O–H groups in total. The zero-order valence-electron chi connectivity index (χ0n) is 12.2. The molecule has 0 aromatic heterocycles. The smallest absolute Gasteiger partial charge is 0.0638 e. The third kappa shape index (κ3) is 3.32. The van der Waals surface area contributed by atoms with Crippen LogP contribution < -0.4 is 0 Å². The Balaban J connectivity index is 2.35. The molecular weight excluding hydrogens is 218 g/mol. The molecule has 0 saturated carbocycles. The Labute approximate surface area is 111 Å². The second kappa shape index (κ2) is 4.72. The van der Waals surface area contributed by atoms with Crippen LogP contribution in [0, 0.1) is 19.3 Å². The normalized spacial score (nSPS) is 20.9. The van der Waals surface area contributed by atoms with Gasteiger partial charge < -0.3 is 0 Å². The van der Waals surface area contributed by atoms with Crippen LogP contribution in [-0.4, -0.2) is 5.71 Å². The van der Waals surface area contributed by atoms with Gasteiger partial charge in [0.15, 0.2) is 0 Å². The van der Waals surface area contributed by atoms with Gasteiger partial charge in [0, 0.05) is 5.71 Å². The lowest BCUT2D eigenvalue weighted by Gasteiger charge is -2.29. The van der Waals surface area contributed by atoms with E-state index < -0.39 is 0 Å². The molecule has 0 atom stereocenters. The summed E-state index contributed by atoms with van der Waals surface area (Å²) < 4.78 is 0. The summed E-state index contributed by atoms with van der Waals surface area (Å²) in [7, 11) is 0. The summed E-state index contributed by atoms with van der Waals surface area (Å²) in [5.74, 6) is 0. The number of benzene rings is 1. The van der Waals surface area contributed by atoms with Crippen LogP contribution in [0.15, 0.2) is 34.8 Å². The maximum Gasteiger partial charge on any atom is 0.0638 e. The first kappa shape index (κ1) is 13.1. The highest BCUT2D eigenvalue weighted by Gasteiger charge is 2.24. The average Bonchev–Trinajstić information content (AvgIpc) is 2.10. The summed E-state index contributed by atoms with van der Waals surface area (Å²) in [6, 6.07) is 6.51. The van der Waals surface area contributed by atoms with Crippen molar-refractivity contribution in [2.75, 3.05) is 0 Å². The summed E-state index contributed by atoms with van der Waals surface area (Å²) in [4.78, 5) is 4.83. The van der Waals surface area contributed by atoms with E-state index in [0.717, 1.165) is 12.1 Å². The second-order valence-electron chi connectivity index (χ2n) is 6.46. The molecular formula is C17H23N. The third-order valence-electron chi connectivity index (χ3n) is 3.31. The molecule has 18 heavy (non-hydrogen) atoms. The van der Waals surface area contributed by atoms with E-state index in [1.54, 1.807) is 0 Å². The van der Waals surface area contributed by atoms with Crippen LogP contribution in [0.4, 0.5) is 5.69 Å². The summed E-state index contributed by atoms with van der Waals surface area (Å²) >= 11 is 0. The summed E-state index contributed by atoms with van der Waals surface area (Å²) in [5.41, 5.74) is 6.65. The number of hydrogen-bond donors (Lipinski definition) is 0. The Morgan fingerprint density at radius 1 is 0.944 bits per heavy atom. The minimum atomic E-state index is 0.344. The SMILES string of the molecule is CC1=CC(=Nc2cc(C)cc(C)c2)CC(C)(C)C1. The van der Waals surface area contributed by atoms with Crippen molar-refractivity contribution in [1.29, 1.82) is 0 Å². The van der Waals surface area contributed by atoms with Crippen molar-refractivity contribution in [3.8, 4) is 0 Å². The van der Waals surface area contributed by atoms with Gasteiger partial charge in [0.1, 0.15) is 0 Å². The fourth-order valence-electron chi connectivity index (χ4n) is 2.95. The Hall–Kier alpha value is -1.37. The highest BCUT2D eigenvalue weighted by molar-refractivity contribution is 5.98. The molecule has 1 nitrogen and oxygen atoms in total. The lowest BCUT2D eigenvalue weighted by Crippen LogP contribution is -2.21. The predicted molar refractivity (Wildman–Crippen MR) is 79.8 cm³/mol. The molecule has 0 aliphatic heterocycles. The first-order valence-electron chi connectivity index (χ1n) is 6.67. The molecule has 0 heterocycles. The van der Waals surface area contributed by atoms with Gasteiger partial charge in [0.05, 0.1) is 5.69 Å². The summed E-state index contributed by atoms with van der Waals surface area (Å²) in [6.45, 7) is 11.1. The number of allylic oxidation sites excluding steroid dienone is 2. The van der Waals surface area contributed by atoms with Crippen LogP contribution in [0.25, 0.3) is 0 Å². The van der Waals surface area contributed by atoms with E-state index in [0.29, 0.717) is 5.41 Å². The monoisotopic (exact) mass is 241 g/mol. The van der Waals surface area contributed by atoms with Crippen molar-refractivity contribution in [1.82, 2.24) is 0 Å². The quantitative estimate of drug-likeness (QED) is 0.645. The fourth-order valence-corrected chi connectivity index (χ4v) is 2.95. The van der Waals surface area contributed by atoms with E-state index in [1.807, 2.05) is 0 Å². The number of aliphatic imine (C=N–C) groups is 1. The van der Waals surface area contributed by atoms with Crippen molar-refractivity contribution in [3.05, 3.63) is 41.0 Å². The van der Waals surface area contributed by atoms with Gasteiger partial charge in [0.25, 0.3) is 0 Å². The van der Waals surface area contributed by atoms with E-state index in [1.165, 1.54) is 28.8 Å². The number of nitrogens with zero attached hydrogens (tertiary/aromatic N) is 1.